The topological polar surface area (TPSA) is 53.9 Å². The van der Waals surface area contributed by atoms with Crippen molar-refractivity contribution in [1.29, 1.82) is 0 Å². The molecule has 5 nitrogen and oxygen atoms in total. The molecule has 1 aromatic heterocycles. The van der Waals surface area contributed by atoms with E-state index in [4.69, 9.17) is 11.6 Å². The van der Waals surface area contributed by atoms with E-state index in [1.807, 2.05) is 11.8 Å². The standard InChI is InChI=1S/C14H22ClN5S/c1-14(6-5-9-21-14)10-16-12-17-11(15)18-13(19-12)20-7-3-2-4-8-20/h2-10H2,1H3,(H,16,17,18,19). The van der Waals surface area contributed by atoms with Crippen LogP contribution in [0, 0.1) is 0 Å². The highest BCUT2D eigenvalue weighted by Gasteiger charge is 2.29. The van der Waals surface area contributed by atoms with Gasteiger partial charge in [0.05, 0.1) is 0 Å². The van der Waals surface area contributed by atoms with Crippen LogP contribution in [0.1, 0.15) is 39.0 Å². The molecule has 0 spiro atoms. The zero-order valence-corrected chi connectivity index (χ0v) is 14.0. The Labute approximate surface area is 135 Å². The molecule has 21 heavy (non-hydrogen) atoms. The van der Waals surface area contributed by atoms with Crippen molar-refractivity contribution in [3.63, 3.8) is 0 Å². The van der Waals surface area contributed by atoms with E-state index in [-0.39, 0.29) is 10.0 Å². The Morgan fingerprint density at radius 1 is 1.19 bits per heavy atom. The maximum atomic E-state index is 6.07. The SMILES string of the molecule is CC1(CNc2nc(Cl)nc(N3CCCCC3)n2)CCCS1. The first-order valence-corrected chi connectivity index (χ1v) is 9.05. The highest BCUT2D eigenvalue weighted by molar-refractivity contribution is 8.00. The number of rotatable bonds is 4. The van der Waals surface area contributed by atoms with Crippen molar-refractivity contribution in [1.82, 2.24) is 15.0 Å². The van der Waals surface area contributed by atoms with Crippen molar-refractivity contribution < 1.29 is 0 Å². The molecule has 0 aromatic carbocycles. The molecule has 0 bridgehead atoms. The maximum absolute atomic E-state index is 6.07. The van der Waals surface area contributed by atoms with Crippen molar-refractivity contribution in [3.05, 3.63) is 5.28 Å². The minimum absolute atomic E-state index is 0.275. The lowest BCUT2D eigenvalue weighted by molar-refractivity contribution is 0.567. The van der Waals surface area contributed by atoms with Crippen LogP contribution in [0.3, 0.4) is 0 Å². The molecule has 3 heterocycles. The van der Waals surface area contributed by atoms with Crippen LogP contribution in [0.5, 0.6) is 0 Å². The molecule has 3 rings (SSSR count). The summed E-state index contributed by atoms with van der Waals surface area (Å²) in [5.41, 5.74) is 0. The lowest BCUT2D eigenvalue weighted by atomic mass is 10.1. The van der Waals surface area contributed by atoms with Crippen LogP contribution in [0.4, 0.5) is 11.9 Å². The van der Waals surface area contributed by atoms with Crippen LogP contribution in [0.2, 0.25) is 5.28 Å². The summed E-state index contributed by atoms with van der Waals surface area (Å²) in [5, 5.41) is 3.63. The van der Waals surface area contributed by atoms with E-state index in [1.54, 1.807) is 0 Å². The molecule has 1 aromatic rings. The van der Waals surface area contributed by atoms with E-state index in [0.29, 0.717) is 11.9 Å². The van der Waals surface area contributed by atoms with Crippen LogP contribution >= 0.6 is 23.4 Å². The summed E-state index contributed by atoms with van der Waals surface area (Å²) in [5.74, 6) is 2.56. The third-order valence-corrected chi connectivity index (χ3v) is 5.86. The van der Waals surface area contributed by atoms with Gasteiger partial charge in [-0.3, -0.25) is 0 Å². The fraction of sp³-hybridized carbons (Fsp3) is 0.786. The molecule has 0 radical (unpaired) electrons. The van der Waals surface area contributed by atoms with E-state index >= 15 is 0 Å². The van der Waals surface area contributed by atoms with Crippen LogP contribution in [0.15, 0.2) is 0 Å². The molecule has 0 saturated carbocycles. The van der Waals surface area contributed by atoms with Crippen molar-refractivity contribution in [2.24, 2.45) is 0 Å². The number of nitrogens with zero attached hydrogens (tertiary/aromatic N) is 4. The Hall–Kier alpha value is -0.750. The zero-order valence-electron chi connectivity index (χ0n) is 12.4. The predicted octanol–water partition coefficient (Wildman–Crippen LogP) is 3.21. The predicted molar refractivity (Wildman–Crippen MR) is 89.5 cm³/mol. The van der Waals surface area contributed by atoms with Gasteiger partial charge in [-0.15, -0.1) is 0 Å². The minimum atomic E-state index is 0.275. The van der Waals surface area contributed by atoms with Crippen molar-refractivity contribution in [2.45, 2.75) is 43.8 Å². The van der Waals surface area contributed by atoms with Gasteiger partial charge < -0.3 is 10.2 Å². The lowest BCUT2D eigenvalue weighted by Gasteiger charge is -2.27. The van der Waals surface area contributed by atoms with Crippen LogP contribution in [-0.4, -0.2) is 45.1 Å². The number of anilines is 2. The van der Waals surface area contributed by atoms with Gasteiger partial charge in [-0.05, 0) is 56.4 Å². The first kappa shape index (κ1) is 15.2. The van der Waals surface area contributed by atoms with E-state index in [2.05, 4.69) is 32.1 Å². The molecule has 7 heteroatoms. The van der Waals surface area contributed by atoms with E-state index in [0.717, 1.165) is 19.6 Å². The van der Waals surface area contributed by atoms with Crippen molar-refractivity contribution >= 4 is 35.3 Å². The van der Waals surface area contributed by atoms with Crippen LogP contribution < -0.4 is 10.2 Å². The van der Waals surface area contributed by atoms with Gasteiger partial charge in [0.25, 0.3) is 0 Å². The fourth-order valence-electron chi connectivity index (χ4n) is 2.90. The third kappa shape index (κ3) is 3.92. The number of piperidine rings is 1. The summed E-state index contributed by atoms with van der Waals surface area (Å²) in [6, 6.07) is 0. The Morgan fingerprint density at radius 2 is 2.00 bits per heavy atom. The van der Waals surface area contributed by atoms with Gasteiger partial charge in [0.15, 0.2) is 0 Å². The number of nitrogens with one attached hydrogen (secondary N) is 1. The molecular weight excluding hydrogens is 306 g/mol. The molecule has 116 valence electrons. The molecule has 2 fully saturated rings. The zero-order chi connectivity index (χ0) is 14.7. The van der Waals surface area contributed by atoms with Gasteiger partial charge in [0.2, 0.25) is 17.2 Å². The van der Waals surface area contributed by atoms with E-state index in [1.165, 1.54) is 37.9 Å². The number of hydrogen-bond donors (Lipinski definition) is 1. The number of thioether (sulfide) groups is 1. The Kier molecular flexibility index (Phi) is 4.74. The second-order valence-corrected chi connectivity index (χ2v) is 8.05. The summed E-state index contributed by atoms with van der Waals surface area (Å²) < 4.78 is 0.282. The molecular formula is C14H22ClN5S. The van der Waals surface area contributed by atoms with E-state index < -0.39 is 0 Å². The first-order valence-electron chi connectivity index (χ1n) is 7.69. The van der Waals surface area contributed by atoms with Gasteiger partial charge in [-0.25, -0.2) is 0 Å². The van der Waals surface area contributed by atoms with Gasteiger partial charge in [-0.2, -0.15) is 26.7 Å². The van der Waals surface area contributed by atoms with Crippen molar-refractivity contribution in [3.8, 4) is 0 Å². The smallest absolute Gasteiger partial charge is 0.231 e. The minimum Gasteiger partial charge on any atom is -0.353 e. The van der Waals surface area contributed by atoms with Gasteiger partial charge in [0.1, 0.15) is 0 Å². The molecule has 1 N–H and O–H groups in total. The number of halogens is 1. The second kappa shape index (κ2) is 6.57. The third-order valence-electron chi connectivity index (χ3n) is 4.16. The molecule has 0 amide bonds. The highest BCUT2D eigenvalue weighted by Crippen LogP contribution is 2.37. The highest BCUT2D eigenvalue weighted by atomic mass is 35.5. The molecule has 2 aliphatic heterocycles. The summed E-state index contributed by atoms with van der Waals surface area (Å²) >= 11 is 8.09. The molecule has 2 aliphatic rings. The monoisotopic (exact) mass is 327 g/mol. The fourth-order valence-corrected chi connectivity index (χ4v) is 4.30. The average molecular weight is 328 g/mol. The van der Waals surface area contributed by atoms with Crippen molar-refractivity contribution in [2.75, 3.05) is 35.6 Å². The maximum Gasteiger partial charge on any atom is 0.231 e. The van der Waals surface area contributed by atoms with Gasteiger partial charge in [-0.1, -0.05) is 0 Å². The Morgan fingerprint density at radius 3 is 2.71 bits per heavy atom. The Balaban J connectivity index is 1.68. The largest absolute Gasteiger partial charge is 0.353 e. The number of aromatic nitrogens is 3. The first-order chi connectivity index (χ1) is 10.1. The van der Waals surface area contributed by atoms with Gasteiger partial charge >= 0.3 is 0 Å². The molecule has 0 aliphatic carbocycles. The lowest BCUT2D eigenvalue weighted by Crippen LogP contribution is -2.32. The van der Waals surface area contributed by atoms with Crippen LogP contribution in [0.25, 0.3) is 0 Å². The quantitative estimate of drug-likeness (QED) is 0.916. The summed E-state index contributed by atoms with van der Waals surface area (Å²) in [4.78, 5) is 15.2. The Bertz CT molecular complexity index is 486. The van der Waals surface area contributed by atoms with Gasteiger partial charge in [0, 0.05) is 24.4 Å². The summed E-state index contributed by atoms with van der Waals surface area (Å²) in [7, 11) is 0. The second-order valence-electron chi connectivity index (χ2n) is 6.03. The molecule has 1 atom stereocenters. The number of hydrogen-bond acceptors (Lipinski definition) is 6. The molecule has 1 unspecified atom stereocenters. The summed E-state index contributed by atoms with van der Waals surface area (Å²) in [6.45, 7) is 5.18. The summed E-state index contributed by atoms with van der Waals surface area (Å²) in [6.07, 6.45) is 6.21. The normalized spacial score (nSPS) is 26.1. The molecule has 2 saturated heterocycles. The van der Waals surface area contributed by atoms with E-state index in [9.17, 15) is 0 Å². The average Bonchev–Trinajstić information content (AvgIpc) is 2.93. The van der Waals surface area contributed by atoms with Crippen LogP contribution in [-0.2, 0) is 0 Å².